The molecule has 0 saturated carbocycles. The van der Waals surface area contributed by atoms with Gasteiger partial charge in [-0.15, -0.1) is 0 Å². The third-order valence-electron chi connectivity index (χ3n) is 3.85. The van der Waals surface area contributed by atoms with Gasteiger partial charge in [0.25, 0.3) is 5.91 Å². The van der Waals surface area contributed by atoms with E-state index in [-0.39, 0.29) is 5.91 Å². The molecule has 0 saturated heterocycles. The van der Waals surface area contributed by atoms with E-state index in [1.54, 1.807) is 30.0 Å². The number of rotatable bonds is 4. The molecule has 1 amide bonds. The number of halogens is 1. The zero-order chi connectivity index (χ0) is 18.0. The SMILES string of the molecule is COc1cc(Cl)c(NC(=O)c2cc(C)n(-c3ccccc3)n2)cc1C. The highest BCUT2D eigenvalue weighted by Gasteiger charge is 2.15. The van der Waals surface area contributed by atoms with Crippen LogP contribution in [0.3, 0.4) is 0 Å². The number of carbonyl (C=O) groups is 1. The van der Waals surface area contributed by atoms with Crippen molar-refractivity contribution in [2.24, 2.45) is 0 Å². The quantitative estimate of drug-likeness (QED) is 0.754. The molecule has 3 rings (SSSR count). The lowest BCUT2D eigenvalue weighted by Gasteiger charge is -2.10. The Kier molecular flexibility index (Phi) is 4.76. The molecule has 0 radical (unpaired) electrons. The first-order chi connectivity index (χ1) is 12.0. The second-order valence-corrected chi connectivity index (χ2v) is 6.08. The molecule has 0 aliphatic heterocycles. The average Bonchev–Trinajstić information content (AvgIpc) is 3.00. The van der Waals surface area contributed by atoms with E-state index < -0.39 is 0 Å². The molecule has 0 aliphatic carbocycles. The van der Waals surface area contributed by atoms with Gasteiger partial charge in [0.1, 0.15) is 5.75 Å². The number of hydrogen-bond donors (Lipinski definition) is 1. The van der Waals surface area contributed by atoms with E-state index in [4.69, 9.17) is 16.3 Å². The van der Waals surface area contributed by atoms with E-state index in [9.17, 15) is 4.79 Å². The fraction of sp³-hybridized carbons (Fsp3) is 0.158. The van der Waals surface area contributed by atoms with Crippen molar-refractivity contribution >= 4 is 23.2 Å². The molecule has 0 spiro atoms. The number of para-hydroxylation sites is 1. The number of nitrogens with one attached hydrogen (secondary N) is 1. The van der Waals surface area contributed by atoms with Crippen molar-refractivity contribution in [3.8, 4) is 11.4 Å². The van der Waals surface area contributed by atoms with E-state index >= 15 is 0 Å². The Morgan fingerprint density at radius 3 is 2.56 bits per heavy atom. The number of aromatic nitrogens is 2. The molecule has 0 aliphatic rings. The molecule has 0 fully saturated rings. The lowest BCUT2D eigenvalue weighted by molar-refractivity contribution is 0.102. The van der Waals surface area contributed by atoms with Crippen LogP contribution in [0, 0.1) is 13.8 Å². The molecule has 25 heavy (non-hydrogen) atoms. The van der Waals surface area contributed by atoms with E-state index in [0.717, 1.165) is 16.9 Å². The number of nitrogens with zero attached hydrogens (tertiary/aromatic N) is 2. The summed E-state index contributed by atoms with van der Waals surface area (Å²) in [6.45, 7) is 3.79. The summed E-state index contributed by atoms with van der Waals surface area (Å²) in [6, 6.07) is 14.9. The molecule has 5 nitrogen and oxygen atoms in total. The predicted octanol–water partition coefficient (Wildman–Crippen LogP) is 4.40. The largest absolute Gasteiger partial charge is 0.496 e. The highest BCUT2D eigenvalue weighted by molar-refractivity contribution is 6.34. The van der Waals surface area contributed by atoms with E-state index in [2.05, 4.69) is 10.4 Å². The standard InChI is InChI=1S/C19H18ClN3O2/c1-12-9-16(15(20)11-18(12)25-3)21-19(24)17-10-13(2)23(22-17)14-7-5-4-6-8-14/h4-11H,1-3H3,(H,21,24). The predicted molar refractivity (Wildman–Crippen MR) is 99.0 cm³/mol. The molecule has 1 heterocycles. The van der Waals surface area contributed by atoms with Gasteiger partial charge in [-0.2, -0.15) is 5.10 Å². The summed E-state index contributed by atoms with van der Waals surface area (Å²) in [5.74, 6) is 0.358. The van der Waals surface area contributed by atoms with E-state index in [1.807, 2.05) is 44.2 Å². The van der Waals surface area contributed by atoms with Crippen LogP contribution in [0.4, 0.5) is 5.69 Å². The minimum absolute atomic E-state index is 0.316. The van der Waals surface area contributed by atoms with Crippen molar-refractivity contribution in [1.29, 1.82) is 0 Å². The first-order valence-electron chi connectivity index (χ1n) is 7.77. The zero-order valence-electron chi connectivity index (χ0n) is 14.2. The van der Waals surface area contributed by atoms with Crippen molar-refractivity contribution in [3.63, 3.8) is 0 Å². The summed E-state index contributed by atoms with van der Waals surface area (Å²) in [6.07, 6.45) is 0. The maximum absolute atomic E-state index is 12.6. The maximum Gasteiger partial charge on any atom is 0.276 e. The lowest BCUT2D eigenvalue weighted by Crippen LogP contribution is -2.13. The van der Waals surface area contributed by atoms with Crippen LogP contribution in [0.1, 0.15) is 21.7 Å². The van der Waals surface area contributed by atoms with Gasteiger partial charge in [0.2, 0.25) is 0 Å². The highest BCUT2D eigenvalue weighted by atomic mass is 35.5. The van der Waals surface area contributed by atoms with Crippen LogP contribution in [-0.2, 0) is 0 Å². The molecule has 0 unspecified atom stereocenters. The molecule has 6 heteroatoms. The molecule has 0 atom stereocenters. The topological polar surface area (TPSA) is 56.1 Å². The number of hydrogen-bond acceptors (Lipinski definition) is 3. The molecule has 0 bridgehead atoms. The summed E-state index contributed by atoms with van der Waals surface area (Å²) < 4.78 is 6.96. The minimum Gasteiger partial charge on any atom is -0.496 e. The Bertz CT molecular complexity index is 920. The Morgan fingerprint density at radius 2 is 1.88 bits per heavy atom. The number of ether oxygens (including phenoxy) is 1. The molecule has 1 N–H and O–H groups in total. The van der Waals surface area contributed by atoms with Crippen LogP contribution >= 0.6 is 11.6 Å². The van der Waals surface area contributed by atoms with Crippen molar-refractivity contribution in [3.05, 3.63) is 70.5 Å². The van der Waals surface area contributed by atoms with Crippen molar-refractivity contribution < 1.29 is 9.53 Å². The van der Waals surface area contributed by atoms with Crippen LogP contribution in [0.5, 0.6) is 5.75 Å². The van der Waals surface area contributed by atoms with E-state index in [0.29, 0.717) is 22.2 Å². The van der Waals surface area contributed by atoms with Crippen LogP contribution in [0.15, 0.2) is 48.5 Å². The van der Waals surface area contributed by atoms with Crippen LogP contribution in [0.25, 0.3) is 5.69 Å². The summed E-state index contributed by atoms with van der Waals surface area (Å²) in [4.78, 5) is 12.6. The Balaban J connectivity index is 1.87. The first-order valence-corrected chi connectivity index (χ1v) is 8.15. The normalized spacial score (nSPS) is 10.6. The zero-order valence-corrected chi connectivity index (χ0v) is 15.0. The van der Waals surface area contributed by atoms with Crippen LogP contribution in [-0.4, -0.2) is 22.8 Å². The minimum atomic E-state index is -0.316. The molecule has 1 aromatic heterocycles. The third-order valence-corrected chi connectivity index (χ3v) is 4.17. The van der Waals surface area contributed by atoms with Gasteiger partial charge in [-0.3, -0.25) is 4.79 Å². The first kappa shape index (κ1) is 17.0. The Labute approximate surface area is 151 Å². The fourth-order valence-electron chi connectivity index (χ4n) is 2.58. The van der Waals surface area contributed by atoms with Crippen molar-refractivity contribution in [2.45, 2.75) is 13.8 Å². The monoisotopic (exact) mass is 355 g/mol. The van der Waals surface area contributed by atoms with Crippen molar-refractivity contribution in [2.75, 3.05) is 12.4 Å². The van der Waals surface area contributed by atoms with E-state index in [1.165, 1.54) is 0 Å². The van der Waals surface area contributed by atoms with Gasteiger partial charge < -0.3 is 10.1 Å². The number of methoxy groups -OCH3 is 1. The number of aryl methyl sites for hydroxylation is 2. The smallest absolute Gasteiger partial charge is 0.276 e. The summed E-state index contributed by atoms with van der Waals surface area (Å²) in [7, 11) is 1.58. The van der Waals surface area contributed by atoms with Gasteiger partial charge in [-0.05, 0) is 43.7 Å². The van der Waals surface area contributed by atoms with Gasteiger partial charge in [-0.25, -0.2) is 4.68 Å². The molecular formula is C19H18ClN3O2. The third kappa shape index (κ3) is 3.51. The van der Waals surface area contributed by atoms with Gasteiger partial charge in [0.15, 0.2) is 5.69 Å². The molecule has 2 aromatic carbocycles. The molecule has 128 valence electrons. The lowest BCUT2D eigenvalue weighted by atomic mass is 10.2. The molecule has 3 aromatic rings. The van der Waals surface area contributed by atoms with Gasteiger partial charge >= 0.3 is 0 Å². The van der Waals surface area contributed by atoms with Crippen LogP contribution < -0.4 is 10.1 Å². The Hall–Kier alpha value is -2.79. The van der Waals surface area contributed by atoms with Gasteiger partial charge in [-0.1, -0.05) is 29.8 Å². The number of benzene rings is 2. The summed E-state index contributed by atoms with van der Waals surface area (Å²) >= 11 is 6.22. The number of anilines is 1. The Morgan fingerprint density at radius 1 is 1.16 bits per heavy atom. The van der Waals surface area contributed by atoms with Crippen molar-refractivity contribution in [1.82, 2.24) is 9.78 Å². The van der Waals surface area contributed by atoms with Crippen LogP contribution in [0.2, 0.25) is 5.02 Å². The highest BCUT2D eigenvalue weighted by Crippen LogP contribution is 2.30. The second kappa shape index (κ2) is 6.99. The maximum atomic E-state index is 12.6. The summed E-state index contributed by atoms with van der Waals surface area (Å²) in [5, 5.41) is 7.62. The van der Waals surface area contributed by atoms with Gasteiger partial charge in [0, 0.05) is 11.8 Å². The number of amides is 1. The fourth-order valence-corrected chi connectivity index (χ4v) is 2.78. The molecular weight excluding hydrogens is 338 g/mol. The average molecular weight is 356 g/mol. The summed E-state index contributed by atoms with van der Waals surface area (Å²) in [5.41, 5.74) is 3.50. The second-order valence-electron chi connectivity index (χ2n) is 5.67. The number of carbonyl (C=O) groups excluding carboxylic acids is 1. The van der Waals surface area contributed by atoms with Gasteiger partial charge in [0.05, 0.1) is 23.5 Å².